The van der Waals surface area contributed by atoms with Crippen LogP contribution in [0, 0.1) is 0 Å². The number of carbonyl (C=O) groups excluding carboxylic acids is 2. The van der Waals surface area contributed by atoms with Gasteiger partial charge < -0.3 is 0 Å². The quantitative estimate of drug-likeness (QED) is 0.814. The van der Waals surface area contributed by atoms with Crippen LogP contribution < -0.4 is 0 Å². The van der Waals surface area contributed by atoms with Crippen LogP contribution in [0.1, 0.15) is 68.8 Å². The third-order valence-corrected chi connectivity index (χ3v) is 5.52. The fraction of sp³-hybridized carbons (Fsp3) is 0.389. The van der Waals surface area contributed by atoms with Crippen molar-refractivity contribution < 1.29 is 14.4 Å². The van der Waals surface area contributed by atoms with Crippen LogP contribution in [-0.4, -0.2) is 26.7 Å². The van der Waals surface area contributed by atoms with E-state index in [1.807, 2.05) is 11.7 Å². The highest BCUT2D eigenvalue weighted by molar-refractivity contribution is 6.20. The molecule has 2 aromatic rings. The third-order valence-electron chi connectivity index (χ3n) is 5.52. The molecule has 1 aromatic heterocycles. The summed E-state index contributed by atoms with van der Waals surface area (Å²) in [6.07, 6.45) is 3.63. The van der Waals surface area contributed by atoms with E-state index in [0.717, 1.165) is 10.8 Å². The number of hydrogen-bond donors (Lipinski definition) is 0. The van der Waals surface area contributed by atoms with Gasteiger partial charge in [-0.2, -0.15) is 5.10 Å². The third kappa shape index (κ3) is 1.72. The maximum Gasteiger partial charge on any atom is 0.285 e. The van der Waals surface area contributed by atoms with Gasteiger partial charge in [0.15, 0.2) is 0 Å². The van der Waals surface area contributed by atoms with E-state index in [4.69, 9.17) is 4.84 Å². The fourth-order valence-corrected chi connectivity index (χ4v) is 4.55. The molecule has 2 unspecified atom stereocenters. The minimum atomic E-state index is -0.398. The molecule has 2 heterocycles. The molecule has 122 valence electrons. The van der Waals surface area contributed by atoms with Gasteiger partial charge in [0.25, 0.3) is 11.8 Å². The molecule has 1 aliphatic heterocycles. The number of amides is 2. The lowest BCUT2D eigenvalue weighted by molar-refractivity contribution is -0.102. The molecule has 2 bridgehead atoms. The average Bonchev–Trinajstić information content (AvgIpc) is 3.32. The minimum absolute atomic E-state index is 0.151. The molecule has 24 heavy (non-hydrogen) atoms. The summed E-state index contributed by atoms with van der Waals surface area (Å²) in [5.41, 5.74) is 4.24. The molecule has 2 atom stereocenters. The number of carbonyl (C=O) groups is 2. The monoisotopic (exact) mass is 323 g/mol. The van der Waals surface area contributed by atoms with Crippen molar-refractivity contribution in [2.75, 3.05) is 0 Å². The zero-order valence-electron chi connectivity index (χ0n) is 13.4. The Morgan fingerprint density at radius 2 is 1.79 bits per heavy atom. The Kier molecular flexibility index (Phi) is 2.77. The second kappa shape index (κ2) is 4.77. The number of rotatable bonds is 3. The van der Waals surface area contributed by atoms with E-state index in [2.05, 4.69) is 5.10 Å². The summed E-state index contributed by atoms with van der Waals surface area (Å²) in [5.74, 6) is 0.365. The predicted molar refractivity (Wildman–Crippen MR) is 84.3 cm³/mol. The molecule has 0 saturated heterocycles. The van der Waals surface area contributed by atoms with E-state index >= 15 is 0 Å². The van der Waals surface area contributed by atoms with Crippen LogP contribution in [0.5, 0.6) is 0 Å². The second-order valence-corrected chi connectivity index (χ2v) is 6.80. The molecule has 6 heteroatoms. The fourth-order valence-electron chi connectivity index (χ4n) is 4.55. The summed E-state index contributed by atoms with van der Waals surface area (Å²) >= 11 is 0. The topological polar surface area (TPSA) is 64.4 Å². The highest BCUT2D eigenvalue weighted by atomic mass is 16.7. The lowest BCUT2D eigenvalue weighted by Gasteiger charge is -2.14. The molecule has 0 N–H and O–H groups in total. The molecule has 1 saturated carbocycles. The first-order valence-corrected chi connectivity index (χ1v) is 8.31. The average molecular weight is 323 g/mol. The lowest BCUT2D eigenvalue weighted by atomic mass is 9.96. The van der Waals surface area contributed by atoms with Gasteiger partial charge in [0.1, 0.15) is 6.61 Å². The van der Waals surface area contributed by atoms with Crippen molar-refractivity contribution in [3.8, 4) is 0 Å². The number of benzene rings is 1. The summed E-state index contributed by atoms with van der Waals surface area (Å²) in [6.45, 7) is 0.151. The van der Waals surface area contributed by atoms with Gasteiger partial charge in [0.05, 0.1) is 16.8 Å². The van der Waals surface area contributed by atoms with Crippen molar-refractivity contribution >= 4 is 11.8 Å². The number of aryl methyl sites for hydroxylation is 1. The molecule has 5 rings (SSSR count). The van der Waals surface area contributed by atoms with Crippen LogP contribution in [0.4, 0.5) is 0 Å². The Hall–Kier alpha value is -2.47. The smallest absolute Gasteiger partial charge is 0.272 e. The maximum absolute atomic E-state index is 12.3. The van der Waals surface area contributed by atoms with Crippen molar-refractivity contribution in [1.82, 2.24) is 14.8 Å². The highest BCUT2D eigenvalue weighted by Gasteiger charge is 2.42. The normalized spacial score (nSPS) is 24.0. The lowest BCUT2D eigenvalue weighted by Crippen LogP contribution is -2.30. The summed E-state index contributed by atoms with van der Waals surface area (Å²) < 4.78 is 1.94. The van der Waals surface area contributed by atoms with Crippen LogP contribution in [0.2, 0.25) is 0 Å². The van der Waals surface area contributed by atoms with Crippen LogP contribution in [0.15, 0.2) is 24.3 Å². The molecular weight excluding hydrogens is 306 g/mol. The first kappa shape index (κ1) is 13.9. The first-order valence-electron chi connectivity index (χ1n) is 8.31. The molecule has 1 fully saturated rings. The van der Waals surface area contributed by atoms with Gasteiger partial charge in [-0.15, -0.1) is 5.06 Å². The summed E-state index contributed by atoms with van der Waals surface area (Å²) in [5, 5.41) is 5.45. The Morgan fingerprint density at radius 3 is 2.50 bits per heavy atom. The zero-order valence-corrected chi connectivity index (χ0v) is 13.4. The van der Waals surface area contributed by atoms with Gasteiger partial charge in [0.2, 0.25) is 0 Å². The summed E-state index contributed by atoms with van der Waals surface area (Å²) in [6, 6.07) is 6.79. The van der Waals surface area contributed by atoms with Gasteiger partial charge in [-0.25, -0.2) is 0 Å². The number of imide groups is 1. The molecule has 2 aliphatic carbocycles. The van der Waals surface area contributed by atoms with Gasteiger partial charge in [-0.05, 0) is 37.3 Å². The number of aromatic nitrogens is 2. The zero-order chi connectivity index (χ0) is 16.4. The highest BCUT2D eigenvalue weighted by Crippen LogP contribution is 2.54. The van der Waals surface area contributed by atoms with Gasteiger partial charge in [-0.1, -0.05) is 12.1 Å². The Balaban J connectivity index is 1.40. The second-order valence-electron chi connectivity index (χ2n) is 6.80. The Labute approximate surface area is 139 Å². The number of hydrogen-bond acceptors (Lipinski definition) is 4. The summed E-state index contributed by atoms with van der Waals surface area (Å²) in [7, 11) is 1.96. The van der Waals surface area contributed by atoms with Crippen LogP contribution in [0.3, 0.4) is 0 Å². The van der Waals surface area contributed by atoms with E-state index < -0.39 is 11.8 Å². The van der Waals surface area contributed by atoms with Crippen LogP contribution in [-0.2, 0) is 18.5 Å². The van der Waals surface area contributed by atoms with E-state index in [9.17, 15) is 9.59 Å². The Bertz CT molecular complexity index is 851. The molecule has 1 aromatic carbocycles. The minimum Gasteiger partial charge on any atom is -0.272 e. The standard InChI is InChI=1S/C18H17N3O3/c1-20-16-11-7-6-10(8-11)15(16)14(19-20)9-24-21-17(22)12-4-2-3-5-13(12)18(21)23/h2-5,10-11H,6-9H2,1H3. The summed E-state index contributed by atoms with van der Waals surface area (Å²) in [4.78, 5) is 30.3. The first-order chi connectivity index (χ1) is 11.6. The van der Waals surface area contributed by atoms with Crippen LogP contribution >= 0.6 is 0 Å². The van der Waals surface area contributed by atoms with E-state index in [0.29, 0.717) is 23.0 Å². The van der Waals surface area contributed by atoms with Crippen molar-refractivity contribution in [3.63, 3.8) is 0 Å². The van der Waals surface area contributed by atoms with Crippen molar-refractivity contribution in [2.24, 2.45) is 7.05 Å². The van der Waals surface area contributed by atoms with Gasteiger partial charge >= 0.3 is 0 Å². The molecule has 2 amide bonds. The Morgan fingerprint density at radius 1 is 1.12 bits per heavy atom. The maximum atomic E-state index is 12.3. The number of nitrogens with zero attached hydrogens (tertiary/aromatic N) is 3. The van der Waals surface area contributed by atoms with Crippen molar-refractivity contribution in [1.29, 1.82) is 0 Å². The van der Waals surface area contributed by atoms with Gasteiger partial charge in [0, 0.05) is 24.2 Å². The van der Waals surface area contributed by atoms with Crippen molar-refractivity contribution in [3.05, 3.63) is 52.3 Å². The van der Waals surface area contributed by atoms with Crippen LogP contribution in [0.25, 0.3) is 0 Å². The largest absolute Gasteiger partial charge is 0.285 e. The van der Waals surface area contributed by atoms with E-state index in [-0.39, 0.29) is 6.61 Å². The molecular formula is C18H17N3O3. The van der Waals surface area contributed by atoms with E-state index in [1.165, 1.54) is 30.5 Å². The molecule has 6 nitrogen and oxygen atoms in total. The molecule has 0 radical (unpaired) electrons. The molecule has 0 spiro atoms. The molecule has 3 aliphatic rings. The van der Waals surface area contributed by atoms with Gasteiger partial charge in [-0.3, -0.25) is 19.1 Å². The number of hydroxylamine groups is 2. The SMILES string of the molecule is Cn1nc(CON2C(=O)c3ccccc3C2=O)c2c1C1CCC2C1. The van der Waals surface area contributed by atoms with Crippen molar-refractivity contribution in [2.45, 2.75) is 37.7 Å². The number of fused-ring (bicyclic) bond motifs is 6. The van der Waals surface area contributed by atoms with E-state index in [1.54, 1.807) is 24.3 Å². The predicted octanol–water partition coefficient (Wildman–Crippen LogP) is 2.51.